The average Bonchev–Trinajstić information content (AvgIpc) is 3.45. The number of aromatic nitrogens is 4. The van der Waals surface area contributed by atoms with Gasteiger partial charge < -0.3 is 5.32 Å². The Labute approximate surface area is 158 Å². The summed E-state index contributed by atoms with van der Waals surface area (Å²) in [6.07, 6.45) is 12.3. The van der Waals surface area contributed by atoms with Crippen LogP contribution in [0.5, 0.6) is 0 Å². The number of amides is 1. The SMILES string of the molecule is O=C(CSc1nnc(-c2cccnc2)n1C1CC1)NCC1CCCCC1. The molecule has 2 heterocycles. The molecule has 1 amide bonds. The third-order valence-corrected chi connectivity index (χ3v) is 6.08. The highest BCUT2D eigenvalue weighted by molar-refractivity contribution is 7.99. The second kappa shape index (κ2) is 8.20. The molecule has 2 saturated carbocycles. The van der Waals surface area contributed by atoms with E-state index in [0.29, 0.717) is 17.7 Å². The van der Waals surface area contributed by atoms with Gasteiger partial charge in [0.25, 0.3) is 0 Å². The molecule has 7 heteroatoms. The molecular formula is C19H25N5OS. The Hall–Kier alpha value is -1.89. The Morgan fingerprint density at radius 3 is 2.77 bits per heavy atom. The van der Waals surface area contributed by atoms with Gasteiger partial charge in [0.05, 0.1) is 5.75 Å². The maximum atomic E-state index is 12.2. The molecule has 0 aliphatic heterocycles. The maximum absolute atomic E-state index is 12.2. The summed E-state index contributed by atoms with van der Waals surface area (Å²) < 4.78 is 2.18. The summed E-state index contributed by atoms with van der Waals surface area (Å²) in [5, 5.41) is 12.6. The lowest BCUT2D eigenvalue weighted by molar-refractivity contribution is -0.118. The van der Waals surface area contributed by atoms with Crippen LogP contribution in [0.15, 0.2) is 29.7 Å². The van der Waals surface area contributed by atoms with Gasteiger partial charge in [-0.05, 0) is 43.7 Å². The fourth-order valence-electron chi connectivity index (χ4n) is 3.56. The van der Waals surface area contributed by atoms with E-state index >= 15 is 0 Å². The molecule has 2 aliphatic carbocycles. The van der Waals surface area contributed by atoms with Crippen LogP contribution in [0.2, 0.25) is 0 Å². The van der Waals surface area contributed by atoms with Gasteiger partial charge >= 0.3 is 0 Å². The highest BCUT2D eigenvalue weighted by atomic mass is 32.2. The first-order valence-corrected chi connectivity index (χ1v) is 10.5. The van der Waals surface area contributed by atoms with Crippen LogP contribution in [-0.2, 0) is 4.79 Å². The van der Waals surface area contributed by atoms with Gasteiger partial charge in [0.1, 0.15) is 0 Å². The van der Waals surface area contributed by atoms with Gasteiger partial charge in [-0.15, -0.1) is 10.2 Å². The monoisotopic (exact) mass is 371 g/mol. The van der Waals surface area contributed by atoms with Gasteiger partial charge in [-0.25, -0.2) is 0 Å². The standard InChI is InChI=1S/C19H25N5OS/c25-17(21-11-14-5-2-1-3-6-14)13-26-19-23-22-18(24(19)16-8-9-16)15-7-4-10-20-12-15/h4,7,10,12,14,16H,1-3,5-6,8-9,11,13H2,(H,21,25). The van der Waals surface area contributed by atoms with Crippen LogP contribution >= 0.6 is 11.8 Å². The van der Waals surface area contributed by atoms with Crippen molar-refractivity contribution in [2.75, 3.05) is 12.3 Å². The molecule has 0 saturated heterocycles. The first-order chi connectivity index (χ1) is 12.8. The van der Waals surface area contributed by atoms with Gasteiger partial charge in [0.15, 0.2) is 11.0 Å². The summed E-state index contributed by atoms with van der Waals surface area (Å²) in [6, 6.07) is 4.36. The number of hydrogen-bond acceptors (Lipinski definition) is 5. The van der Waals surface area contributed by atoms with Gasteiger partial charge in [-0.3, -0.25) is 14.3 Å². The fourth-order valence-corrected chi connectivity index (χ4v) is 4.40. The molecule has 0 radical (unpaired) electrons. The van der Waals surface area contributed by atoms with Crippen molar-refractivity contribution in [3.05, 3.63) is 24.5 Å². The summed E-state index contributed by atoms with van der Waals surface area (Å²) in [7, 11) is 0. The minimum atomic E-state index is 0.0915. The molecule has 2 aliphatic rings. The number of pyridine rings is 1. The Kier molecular flexibility index (Phi) is 5.53. The lowest BCUT2D eigenvalue weighted by Crippen LogP contribution is -2.31. The highest BCUT2D eigenvalue weighted by Crippen LogP contribution is 2.40. The molecule has 26 heavy (non-hydrogen) atoms. The van der Waals surface area contributed by atoms with Crippen molar-refractivity contribution < 1.29 is 4.79 Å². The van der Waals surface area contributed by atoms with Crippen molar-refractivity contribution in [1.82, 2.24) is 25.1 Å². The minimum Gasteiger partial charge on any atom is -0.355 e. The third kappa shape index (κ3) is 4.26. The van der Waals surface area contributed by atoms with Gasteiger partial charge in [0, 0.05) is 30.5 Å². The quantitative estimate of drug-likeness (QED) is 0.755. The molecule has 2 fully saturated rings. The Morgan fingerprint density at radius 1 is 1.19 bits per heavy atom. The number of nitrogens with one attached hydrogen (secondary N) is 1. The predicted octanol–water partition coefficient (Wildman–Crippen LogP) is 3.46. The van der Waals surface area contributed by atoms with Crippen LogP contribution < -0.4 is 5.32 Å². The van der Waals surface area contributed by atoms with Crippen LogP contribution in [0.25, 0.3) is 11.4 Å². The van der Waals surface area contributed by atoms with Gasteiger partial charge in [-0.2, -0.15) is 0 Å². The van der Waals surface area contributed by atoms with Crippen LogP contribution in [0, 0.1) is 5.92 Å². The summed E-state index contributed by atoms with van der Waals surface area (Å²) in [5.74, 6) is 1.99. The minimum absolute atomic E-state index is 0.0915. The van der Waals surface area contributed by atoms with E-state index in [9.17, 15) is 4.79 Å². The van der Waals surface area contributed by atoms with E-state index in [2.05, 4.69) is 25.1 Å². The Balaban J connectivity index is 1.36. The largest absolute Gasteiger partial charge is 0.355 e. The normalized spacial score (nSPS) is 18.0. The molecule has 2 aromatic heterocycles. The number of thioether (sulfide) groups is 1. The molecule has 0 atom stereocenters. The summed E-state index contributed by atoms with van der Waals surface area (Å²) in [5.41, 5.74) is 0.973. The van der Waals surface area contributed by atoms with Crippen LogP contribution in [0.3, 0.4) is 0 Å². The summed E-state index contributed by atoms with van der Waals surface area (Å²) in [4.78, 5) is 16.4. The number of hydrogen-bond donors (Lipinski definition) is 1. The van der Waals surface area contributed by atoms with E-state index < -0.39 is 0 Å². The molecule has 4 rings (SSSR count). The molecule has 0 unspecified atom stereocenters. The highest BCUT2D eigenvalue weighted by Gasteiger charge is 2.30. The Morgan fingerprint density at radius 2 is 2.04 bits per heavy atom. The van der Waals surface area contributed by atoms with E-state index in [1.807, 2.05) is 18.3 Å². The summed E-state index contributed by atoms with van der Waals surface area (Å²) in [6.45, 7) is 0.815. The molecule has 1 N–H and O–H groups in total. The van der Waals surface area contributed by atoms with E-state index in [-0.39, 0.29) is 5.91 Å². The lowest BCUT2D eigenvalue weighted by Gasteiger charge is -2.21. The smallest absolute Gasteiger partial charge is 0.230 e. The number of nitrogens with zero attached hydrogens (tertiary/aromatic N) is 4. The fraction of sp³-hybridized carbons (Fsp3) is 0.579. The molecule has 0 aromatic carbocycles. The molecule has 138 valence electrons. The van der Waals surface area contributed by atoms with Crippen LogP contribution in [-0.4, -0.2) is 38.0 Å². The van der Waals surface area contributed by atoms with Crippen molar-refractivity contribution in [2.24, 2.45) is 5.92 Å². The number of carbonyl (C=O) groups excluding carboxylic acids is 1. The van der Waals surface area contributed by atoms with Crippen molar-refractivity contribution in [3.63, 3.8) is 0 Å². The average molecular weight is 372 g/mol. The zero-order valence-corrected chi connectivity index (χ0v) is 15.7. The van der Waals surface area contributed by atoms with Gasteiger partial charge in [-0.1, -0.05) is 31.0 Å². The lowest BCUT2D eigenvalue weighted by atomic mass is 9.89. The van der Waals surface area contributed by atoms with Crippen molar-refractivity contribution in [1.29, 1.82) is 0 Å². The van der Waals surface area contributed by atoms with E-state index in [0.717, 1.165) is 35.9 Å². The van der Waals surface area contributed by atoms with Crippen molar-refractivity contribution in [3.8, 4) is 11.4 Å². The first-order valence-electron chi connectivity index (χ1n) is 9.56. The number of carbonyl (C=O) groups is 1. The van der Waals surface area contributed by atoms with Gasteiger partial charge in [0.2, 0.25) is 5.91 Å². The molecule has 0 bridgehead atoms. The van der Waals surface area contributed by atoms with Crippen molar-refractivity contribution in [2.45, 2.75) is 56.1 Å². The molecule has 2 aromatic rings. The van der Waals surface area contributed by atoms with E-state index in [1.165, 1.54) is 43.9 Å². The second-order valence-electron chi connectivity index (χ2n) is 7.25. The second-order valence-corrected chi connectivity index (χ2v) is 8.19. The van der Waals surface area contributed by atoms with E-state index in [1.54, 1.807) is 6.20 Å². The maximum Gasteiger partial charge on any atom is 0.230 e. The van der Waals surface area contributed by atoms with E-state index in [4.69, 9.17) is 0 Å². The molecular weight excluding hydrogens is 346 g/mol. The molecule has 6 nitrogen and oxygen atoms in total. The van der Waals surface area contributed by atoms with Crippen LogP contribution in [0.4, 0.5) is 0 Å². The number of rotatable bonds is 7. The third-order valence-electron chi connectivity index (χ3n) is 5.14. The summed E-state index contributed by atoms with van der Waals surface area (Å²) >= 11 is 1.48. The van der Waals surface area contributed by atoms with Crippen LogP contribution in [0.1, 0.15) is 51.0 Å². The zero-order chi connectivity index (χ0) is 17.8. The topological polar surface area (TPSA) is 72.7 Å². The van der Waals surface area contributed by atoms with Crippen molar-refractivity contribution >= 4 is 17.7 Å². The predicted molar refractivity (Wildman–Crippen MR) is 102 cm³/mol. The molecule has 0 spiro atoms. The zero-order valence-electron chi connectivity index (χ0n) is 14.9. The Bertz CT molecular complexity index is 738. The first kappa shape index (κ1) is 17.5.